The minimum atomic E-state index is -1.10. The van der Waals surface area contributed by atoms with Gasteiger partial charge in [-0.15, -0.1) is 0 Å². The van der Waals surface area contributed by atoms with E-state index in [9.17, 15) is 14.4 Å². The van der Waals surface area contributed by atoms with Crippen LogP contribution in [0.2, 0.25) is 0 Å². The van der Waals surface area contributed by atoms with Crippen LogP contribution in [0, 0.1) is 11.3 Å². The number of anilines is 1. The summed E-state index contributed by atoms with van der Waals surface area (Å²) < 4.78 is 40.0. The number of carbonyl (C=O) groups is 3. The van der Waals surface area contributed by atoms with Crippen molar-refractivity contribution in [2.75, 3.05) is 72.2 Å². The Labute approximate surface area is 320 Å². The van der Waals surface area contributed by atoms with Gasteiger partial charge in [-0.25, -0.2) is 4.79 Å². The first kappa shape index (κ1) is 42.8. The lowest BCUT2D eigenvalue weighted by atomic mass is 9.76. The van der Waals surface area contributed by atoms with Gasteiger partial charge < -0.3 is 48.3 Å². The molecule has 2 aliphatic heterocycles. The molecule has 0 saturated carbocycles. The van der Waals surface area contributed by atoms with E-state index in [1.807, 2.05) is 26.0 Å². The van der Waals surface area contributed by atoms with Crippen molar-refractivity contribution in [3.8, 4) is 5.75 Å². The number of nitrogens with zero attached hydrogens (tertiary/aromatic N) is 2. The Bertz CT molecular complexity index is 1500. The fourth-order valence-electron chi connectivity index (χ4n) is 6.97. The van der Waals surface area contributed by atoms with Crippen molar-refractivity contribution in [2.45, 2.75) is 91.4 Å². The van der Waals surface area contributed by atoms with Gasteiger partial charge in [0, 0.05) is 58.7 Å². The Morgan fingerprint density at radius 1 is 0.944 bits per heavy atom. The van der Waals surface area contributed by atoms with Gasteiger partial charge in [0.2, 0.25) is 12.2 Å². The average Bonchev–Trinajstić information content (AvgIpc) is 3.15. The first-order valence-corrected chi connectivity index (χ1v) is 19.0. The van der Waals surface area contributed by atoms with E-state index in [4.69, 9.17) is 33.2 Å². The SMILES string of the molecule is CNC(=O)C(C)(C)C[C@H]1C[C@H](c2ccc(COCCOC)cc2)[C@@H](OCc2ccc3c(c2)N(CCCOC)CCO3)CN1C(=O)OC(C)OC(=O)C(C)C. The van der Waals surface area contributed by atoms with Crippen LogP contribution in [0.15, 0.2) is 42.5 Å². The molecule has 1 N–H and O–H groups in total. The lowest BCUT2D eigenvalue weighted by Gasteiger charge is -2.45. The van der Waals surface area contributed by atoms with Crippen LogP contribution in [0.5, 0.6) is 5.75 Å². The highest BCUT2D eigenvalue weighted by atomic mass is 16.7. The predicted molar refractivity (Wildman–Crippen MR) is 204 cm³/mol. The maximum atomic E-state index is 14.0. The molecule has 2 aromatic rings. The van der Waals surface area contributed by atoms with Crippen molar-refractivity contribution >= 4 is 23.7 Å². The highest BCUT2D eigenvalue weighted by Crippen LogP contribution is 2.40. The molecular weight excluding hydrogens is 694 g/mol. The molecule has 2 aliphatic rings. The summed E-state index contributed by atoms with van der Waals surface area (Å²) in [7, 11) is 4.97. The molecule has 13 nitrogen and oxygen atoms in total. The van der Waals surface area contributed by atoms with Gasteiger partial charge in [-0.2, -0.15) is 0 Å². The van der Waals surface area contributed by atoms with E-state index in [2.05, 4.69) is 40.5 Å². The van der Waals surface area contributed by atoms with Crippen LogP contribution in [-0.4, -0.2) is 109 Å². The Balaban J connectivity index is 1.63. The van der Waals surface area contributed by atoms with Gasteiger partial charge in [-0.3, -0.25) is 9.59 Å². The van der Waals surface area contributed by atoms with E-state index >= 15 is 0 Å². The molecule has 13 heteroatoms. The second-order valence-corrected chi connectivity index (χ2v) is 15.0. The summed E-state index contributed by atoms with van der Waals surface area (Å²) >= 11 is 0. The fraction of sp³-hybridized carbons (Fsp3) is 0.634. The summed E-state index contributed by atoms with van der Waals surface area (Å²) in [4.78, 5) is 43.2. The molecule has 0 spiro atoms. The zero-order valence-electron chi connectivity index (χ0n) is 33.4. The van der Waals surface area contributed by atoms with Crippen molar-refractivity contribution < 1.29 is 47.5 Å². The molecule has 2 aromatic carbocycles. The minimum Gasteiger partial charge on any atom is -0.490 e. The van der Waals surface area contributed by atoms with E-state index < -0.39 is 29.9 Å². The number of nitrogens with one attached hydrogen (secondary N) is 1. The van der Waals surface area contributed by atoms with Crippen molar-refractivity contribution in [1.29, 1.82) is 0 Å². The Morgan fingerprint density at radius 2 is 1.67 bits per heavy atom. The summed E-state index contributed by atoms with van der Waals surface area (Å²) in [6.45, 7) is 13.6. The Kier molecular flexibility index (Phi) is 16.4. The number of fused-ring (bicyclic) bond motifs is 1. The molecule has 0 aliphatic carbocycles. The lowest BCUT2D eigenvalue weighted by molar-refractivity contribution is -0.171. The minimum absolute atomic E-state index is 0.120. The molecule has 1 saturated heterocycles. The van der Waals surface area contributed by atoms with Crippen LogP contribution in [0.1, 0.15) is 76.5 Å². The molecule has 2 amide bonds. The zero-order valence-corrected chi connectivity index (χ0v) is 33.4. The Hall–Kier alpha value is -3.91. The largest absolute Gasteiger partial charge is 0.490 e. The second-order valence-electron chi connectivity index (χ2n) is 15.0. The summed E-state index contributed by atoms with van der Waals surface area (Å²) in [6.07, 6.45) is -0.377. The van der Waals surface area contributed by atoms with Gasteiger partial charge in [-0.05, 0) is 48.1 Å². The monoisotopic (exact) mass is 755 g/mol. The molecule has 0 radical (unpaired) electrons. The number of carbonyl (C=O) groups excluding carboxylic acids is 3. The van der Waals surface area contributed by atoms with Gasteiger partial charge >= 0.3 is 12.1 Å². The number of piperidine rings is 1. The number of amides is 2. The summed E-state index contributed by atoms with van der Waals surface area (Å²) in [6, 6.07) is 14.0. The molecule has 300 valence electrons. The predicted octanol–water partition coefficient (Wildman–Crippen LogP) is 5.67. The fourth-order valence-corrected chi connectivity index (χ4v) is 6.97. The highest BCUT2D eigenvalue weighted by molar-refractivity contribution is 5.81. The summed E-state index contributed by atoms with van der Waals surface area (Å²) in [5, 5.41) is 2.77. The van der Waals surface area contributed by atoms with Gasteiger partial charge in [0.1, 0.15) is 12.4 Å². The van der Waals surface area contributed by atoms with Gasteiger partial charge in [0.05, 0.1) is 57.2 Å². The third-order valence-corrected chi connectivity index (χ3v) is 9.97. The molecule has 1 fully saturated rings. The summed E-state index contributed by atoms with van der Waals surface area (Å²) in [5.41, 5.74) is 3.29. The number of likely N-dealkylation sites (tertiary alicyclic amines) is 1. The standard InChI is InChI=1S/C41H61N3O10/c1-28(2)38(45)53-29(3)54-40(47)44-25-37(52-27-31-12-15-36-35(22-31)43(17-19-51-36)16-9-18-48-7)34(23-33(44)24-41(4,5)39(46)42-6)32-13-10-30(11-14-32)26-50-21-20-49-8/h10-15,22,28-29,33-34,37H,9,16-21,23-27H2,1-8H3,(H,42,46)/t29?,33-,34-,37+/m1/s1. The van der Waals surface area contributed by atoms with Gasteiger partial charge in [0.25, 0.3) is 0 Å². The lowest BCUT2D eigenvalue weighted by Crippen LogP contribution is -2.55. The molecule has 4 rings (SSSR count). The number of rotatable bonds is 19. The molecule has 4 atom stereocenters. The van der Waals surface area contributed by atoms with Gasteiger partial charge in [-0.1, -0.05) is 58.0 Å². The van der Waals surface area contributed by atoms with Crippen LogP contribution >= 0.6 is 0 Å². The number of hydrogen-bond donors (Lipinski definition) is 1. The average molecular weight is 756 g/mol. The van der Waals surface area contributed by atoms with Crippen molar-refractivity contribution in [3.63, 3.8) is 0 Å². The number of esters is 1. The third kappa shape index (κ3) is 12.0. The molecule has 0 bridgehead atoms. The number of methoxy groups -OCH3 is 2. The molecule has 1 unspecified atom stereocenters. The third-order valence-electron chi connectivity index (χ3n) is 9.97. The molecule has 54 heavy (non-hydrogen) atoms. The number of hydrogen-bond acceptors (Lipinski definition) is 11. The maximum absolute atomic E-state index is 14.0. The number of benzene rings is 2. The van der Waals surface area contributed by atoms with E-state index in [1.165, 1.54) is 6.92 Å². The van der Waals surface area contributed by atoms with Crippen LogP contribution in [0.4, 0.5) is 10.5 Å². The van der Waals surface area contributed by atoms with E-state index in [1.54, 1.807) is 40.0 Å². The second kappa shape index (κ2) is 20.7. The molecular formula is C41H61N3O10. The van der Waals surface area contributed by atoms with Crippen molar-refractivity contribution in [2.24, 2.45) is 11.3 Å². The first-order chi connectivity index (χ1) is 25.9. The van der Waals surface area contributed by atoms with Gasteiger partial charge in [0.15, 0.2) is 0 Å². The zero-order chi connectivity index (χ0) is 39.3. The van der Waals surface area contributed by atoms with E-state index in [0.717, 1.165) is 47.6 Å². The normalized spacial score (nSPS) is 19.2. The van der Waals surface area contributed by atoms with Crippen molar-refractivity contribution in [3.05, 3.63) is 59.2 Å². The van der Waals surface area contributed by atoms with Crippen molar-refractivity contribution in [1.82, 2.24) is 10.2 Å². The van der Waals surface area contributed by atoms with Crippen LogP contribution in [-0.2, 0) is 51.2 Å². The van der Waals surface area contributed by atoms with E-state index in [-0.39, 0.29) is 30.3 Å². The molecule has 2 heterocycles. The van der Waals surface area contributed by atoms with Crippen LogP contribution in [0.25, 0.3) is 0 Å². The highest BCUT2D eigenvalue weighted by Gasteiger charge is 2.44. The summed E-state index contributed by atoms with van der Waals surface area (Å²) in [5.74, 6) is -0.252. The first-order valence-electron chi connectivity index (χ1n) is 19.0. The molecule has 0 aromatic heterocycles. The maximum Gasteiger partial charge on any atom is 0.413 e. The number of ether oxygens (including phenoxy) is 7. The Morgan fingerprint density at radius 3 is 2.35 bits per heavy atom. The van der Waals surface area contributed by atoms with Crippen LogP contribution < -0.4 is 15.0 Å². The smallest absolute Gasteiger partial charge is 0.413 e. The van der Waals surface area contributed by atoms with Crippen LogP contribution in [0.3, 0.4) is 0 Å². The quantitative estimate of drug-likeness (QED) is 0.108. The van der Waals surface area contributed by atoms with E-state index in [0.29, 0.717) is 52.5 Å². The topological polar surface area (TPSA) is 134 Å².